The molecule has 0 spiro atoms. The fourth-order valence-electron chi connectivity index (χ4n) is 3.44. The molecule has 1 N–H and O–H groups in total. The standard InChI is InChI=1S/C24H36OP2/c1-10-24(7,26-22-16(2)12-11-13-20(22)27(8)9)19-15-18(23(4,5)6)14-17(3)21(19)25/h11-15,25-26H,10H2,1-9H3. The molecule has 27 heavy (non-hydrogen) atoms. The van der Waals surface area contributed by atoms with E-state index in [9.17, 15) is 5.11 Å². The van der Waals surface area contributed by atoms with Crippen LogP contribution in [0.1, 0.15) is 63.3 Å². The van der Waals surface area contributed by atoms with Gasteiger partial charge in [-0.05, 0) is 66.3 Å². The van der Waals surface area contributed by atoms with Gasteiger partial charge in [0.15, 0.2) is 0 Å². The van der Waals surface area contributed by atoms with Crippen molar-refractivity contribution in [1.82, 2.24) is 0 Å². The van der Waals surface area contributed by atoms with E-state index in [-0.39, 0.29) is 18.5 Å². The molecule has 1 nitrogen and oxygen atoms in total. The number of hydrogen-bond donors (Lipinski definition) is 1. The van der Waals surface area contributed by atoms with Crippen LogP contribution in [0.3, 0.4) is 0 Å². The molecule has 0 saturated heterocycles. The Morgan fingerprint density at radius 2 is 1.63 bits per heavy atom. The van der Waals surface area contributed by atoms with Crippen molar-refractivity contribution in [3.63, 3.8) is 0 Å². The Labute approximate surface area is 169 Å². The average Bonchev–Trinajstić information content (AvgIpc) is 2.57. The first-order chi connectivity index (χ1) is 12.4. The van der Waals surface area contributed by atoms with Gasteiger partial charge in [0, 0.05) is 10.7 Å². The normalized spacial score (nSPS) is 14.9. The number of aryl methyl sites for hydroxylation is 2. The van der Waals surface area contributed by atoms with Crippen LogP contribution < -0.4 is 10.6 Å². The predicted molar refractivity (Wildman–Crippen MR) is 127 cm³/mol. The molecule has 3 heteroatoms. The maximum Gasteiger partial charge on any atom is 0.122 e. The summed E-state index contributed by atoms with van der Waals surface area (Å²) in [5.41, 5.74) is 4.85. The first-order valence-corrected chi connectivity index (χ1v) is 13.0. The Morgan fingerprint density at radius 3 is 2.15 bits per heavy atom. The van der Waals surface area contributed by atoms with Gasteiger partial charge in [-0.1, -0.05) is 81.5 Å². The minimum absolute atomic E-state index is 0.0672. The smallest absolute Gasteiger partial charge is 0.122 e. The van der Waals surface area contributed by atoms with Crippen LogP contribution in [0.5, 0.6) is 5.75 Å². The second-order valence-electron chi connectivity index (χ2n) is 9.11. The molecule has 0 aliphatic carbocycles. The van der Waals surface area contributed by atoms with E-state index < -0.39 is 0 Å². The van der Waals surface area contributed by atoms with Crippen molar-refractivity contribution in [3.05, 3.63) is 52.6 Å². The minimum Gasteiger partial charge on any atom is -0.507 e. The topological polar surface area (TPSA) is 20.2 Å². The second kappa shape index (κ2) is 8.23. The Morgan fingerprint density at radius 1 is 1.00 bits per heavy atom. The second-order valence-corrected chi connectivity index (χ2v) is 13.2. The summed E-state index contributed by atoms with van der Waals surface area (Å²) in [6.45, 7) is 20.3. The lowest BCUT2D eigenvalue weighted by molar-refractivity contribution is 0.450. The van der Waals surface area contributed by atoms with Gasteiger partial charge >= 0.3 is 0 Å². The van der Waals surface area contributed by atoms with Gasteiger partial charge in [-0.25, -0.2) is 0 Å². The first kappa shape index (κ1) is 22.4. The van der Waals surface area contributed by atoms with E-state index in [2.05, 4.69) is 85.2 Å². The molecule has 0 aromatic heterocycles. The SMILES string of the molecule is CCC(C)(Pc1c(C)cccc1P(C)C)c1cc(C(C)(C)C)cc(C)c1O. The Bertz CT molecular complexity index is 818. The molecular formula is C24H36OP2. The third-order valence-electron chi connectivity index (χ3n) is 5.60. The zero-order chi connectivity index (χ0) is 20.6. The van der Waals surface area contributed by atoms with E-state index in [1.807, 2.05) is 6.92 Å². The number of phenolic OH excluding ortho intramolecular Hbond substituents is 1. The summed E-state index contributed by atoms with van der Waals surface area (Å²) >= 11 is 0. The molecule has 0 aliphatic heterocycles. The number of rotatable bonds is 5. The molecule has 2 aromatic rings. The van der Waals surface area contributed by atoms with E-state index in [0.29, 0.717) is 14.3 Å². The van der Waals surface area contributed by atoms with Crippen LogP contribution in [-0.2, 0) is 10.6 Å². The van der Waals surface area contributed by atoms with Gasteiger partial charge in [-0.3, -0.25) is 0 Å². The average molecular weight is 402 g/mol. The van der Waals surface area contributed by atoms with Crippen LogP contribution >= 0.6 is 16.5 Å². The lowest BCUT2D eigenvalue weighted by Crippen LogP contribution is -2.28. The predicted octanol–water partition coefficient (Wildman–Crippen LogP) is 6.30. The number of benzene rings is 2. The van der Waals surface area contributed by atoms with E-state index in [0.717, 1.165) is 17.5 Å². The molecule has 148 valence electrons. The van der Waals surface area contributed by atoms with Crippen molar-refractivity contribution >= 4 is 27.1 Å². The van der Waals surface area contributed by atoms with E-state index in [4.69, 9.17) is 0 Å². The third kappa shape index (κ3) is 4.75. The molecule has 0 fully saturated rings. The molecular weight excluding hydrogens is 366 g/mol. The van der Waals surface area contributed by atoms with Crippen LogP contribution in [0, 0.1) is 13.8 Å². The van der Waals surface area contributed by atoms with Gasteiger partial charge in [-0.15, -0.1) is 0 Å². The molecule has 0 saturated carbocycles. The van der Waals surface area contributed by atoms with E-state index in [1.165, 1.54) is 21.7 Å². The summed E-state index contributed by atoms with van der Waals surface area (Å²) in [7, 11) is 0.492. The van der Waals surface area contributed by atoms with Gasteiger partial charge in [0.1, 0.15) is 5.75 Å². The highest BCUT2D eigenvalue weighted by Gasteiger charge is 2.32. The molecule has 0 radical (unpaired) electrons. The maximum absolute atomic E-state index is 11.0. The van der Waals surface area contributed by atoms with Crippen molar-refractivity contribution in [2.24, 2.45) is 0 Å². The van der Waals surface area contributed by atoms with Gasteiger partial charge in [-0.2, -0.15) is 0 Å². The van der Waals surface area contributed by atoms with Gasteiger partial charge in [0.2, 0.25) is 0 Å². The summed E-state index contributed by atoms with van der Waals surface area (Å²) < 4.78 is 0. The first-order valence-electron chi connectivity index (χ1n) is 9.80. The van der Waals surface area contributed by atoms with Crippen LogP contribution in [0.2, 0.25) is 0 Å². The lowest BCUT2D eigenvalue weighted by Gasteiger charge is -2.34. The highest BCUT2D eigenvalue weighted by molar-refractivity contribution is 7.66. The maximum atomic E-state index is 11.0. The summed E-state index contributed by atoms with van der Waals surface area (Å²) in [5, 5.41) is 13.9. The highest BCUT2D eigenvalue weighted by Crippen LogP contribution is 2.49. The summed E-state index contributed by atoms with van der Waals surface area (Å²) in [6.07, 6.45) is 1.01. The molecule has 2 atom stereocenters. The van der Waals surface area contributed by atoms with Crippen molar-refractivity contribution in [3.8, 4) is 5.75 Å². The van der Waals surface area contributed by atoms with Crippen molar-refractivity contribution < 1.29 is 5.11 Å². The van der Waals surface area contributed by atoms with Crippen LogP contribution in [0.4, 0.5) is 0 Å². The monoisotopic (exact) mass is 402 g/mol. The molecule has 0 amide bonds. The lowest BCUT2D eigenvalue weighted by atomic mass is 9.82. The third-order valence-corrected chi connectivity index (χ3v) is 9.24. The number of hydrogen-bond acceptors (Lipinski definition) is 1. The Hall–Kier alpha value is -0.900. The fraction of sp³-hybridized carbons (Fsp3) is 0.500. The minimum atomic E-state index is -0.154. The van der Waals surface area contributed by atoms with Crippen molar-refractivity contribution in [2.75, 3.05) is 13.3 Å². The molecule has 2 aromatic carbocycles. The van der Waals surface area contributed by atoms with Crippen LogP contribution in [-0.4, -0.2) is 18.4 Å². The van der Waals surface area contributed by atoms with Crippen LogP contribution in [0.15, 0.2) is 30.3 Å². The molecule has 2 unspecified atom stereocenters. The summed E-state index contributed by atoms with van der Waals surface area (Å²) in [4.78, 5) is 0. The zero-order valence-corrected chi connectivity index (χ0v) is 20.4. The van der Waals surface area contributed by atoms with Crippen molar-refractivity contribution in [1.29, 1.82) is 0 Å². The van der Waals surface area contributed by atoms with E-state index >= 15 is 0 Å². The summed E-state index contributed by atoms with van der Waals surface area (Å²) in [6, 6.07) is 11.1. The quantitative estimate of drug-likeness (QED) is 0.582. The van der Waals surface area contributed by atoms with Gasteiger partial charge in [0.25, 0.3) is 0 Å². The number of aromatic hydroxyl groups is 1. The molecule has 2 rings (SSSR count). The van der Waals surface area contributed by atoms with Gasteiger partial charge < -0.3 is 5.11 Å². The largest absolute Gasteiger partial charge is 0.507 e. The molecule has 0 heterocycles. The van der Waals surface area contributed by atoms with Crippen molar-refractivity contribution in [2.45, 2.75) is 65.5 Å². The van der Waals surface area contributed by atoms with Crippen LogP contribution in [0.25, 0.3) is 0 Å². The Balaban J connectivity index is 2.64. The molecule has 0 bridgehead atoms. The summed E-state index contributed by atoms with van der Waals surface area (Å²) in [5.74, 6) is 0.477. The van der Waals surface area contributed by atoms with E-state index in [1.54, 1.807) is 0 Å². The fourth-order valence-corrected chi connectivity index (χ4v) is 6.83. The number of phenols is 1. The molecule has 0 aliphatic rings. The highest BCUT2D eigenvalue weighted by atomic mass is 31.1. The zero-order valence-electron chi connectivity index (χ0n) is 18.5. The Kier molecular flexibility index (Phi) is 6.82. The van der Waals surface area contributed by atoms with Gasteiger partial charge in [0.05, 0.1) is 0 Å².